The van der Waals surface area contributed by atoms with Gasteiger partial charge in [-0.2, -0.15) is 5.26 Å². The SMILES string of the molecule is COCCn1c(SCC(=O)Nc2c(C#N)c(C)c(C)n2Cc2ccco2)nnc1-c1ccccc1. The van der Waals surface area contributed by atoms with Crippen LogP contribution in [0.25, 0.3) is 11.4 Å². The number of benzene rings is 1. The van der Waals surface area contributed by atoms with Crippen molar-refractivity contribution in [1.82, 2.24) is 19.3 Å². The summed E-state index contributed by atoms with van der Waals surface area (Å²) in [6.07, 6.45) is 1.60. The summed E-state index contributed by atoms with van der Waals surface area (Å²) < 4.78 is 14.6. The number of hydrogen-bond donors (Lipinski definition) is 1. The van der Waals surface area contributed by atoms with Crippen LogP contribution in [0.2, 0.25) is 0 Å². The van der Waals surface area contributed by atoms with E-state index in [9.17, 15) is 10.1 Å². The molecule has 0 atom stereocenters. The summed E-state index contributed by atoms with van der Waals surface area (Å²) in [5.41, 5.74) is 3.11. The Labute approximate surface area is 207 Å². The minimum atomic E-state index is -0.243. The normalized spacial score (nSPS) is 10.9. The maximum absolute atomic E-state index is 13.0. The van der Waals surface area contributed by atoms with Crippen molar-refractivity contribution in [2.45, 2.75) is 32.1 Å². The Kier molecular flexibility index (Phi) is 7.70. The summed E-state index contributed by atoms with van der Waals surface area (Å²) in [5.74, 6) is 1.78. The summed E-state index contributed by atoms with van der Waals surface area (Å²) in [6.45, 7) is 5.26. The molecule has 0 radical (unpaired) electrons. The van der Waals surface area contributed by atoms with Crippen molar-refractivity contribution < 1.29 is 13.9 Å². The van der Waals surface area contributed by atoms with Crippen LogP contribution in [0.5, 0.6) is 0 Å². The molecule has 0 bridgehead atoms. The Morgan fingerprint density at radius 3 is 2.66 bits per heavy atom. The lowest BCUT2D eigenvalue weighted by molar-refractivity contribution is -0.113. The average molecular weight is 491 g/mol. The van der Waals surface area contributed by atoms with E-state index < -0.39 is 0 Å². The monoisotopic (exact) mass is 490 g/mol. The summed E-state index contributed by atoms with van der Waals surface area (Å²) in [7, 11) is 1.64. The highest BCUT2D eigenvalue weighted by Gasteiger charge is 2.21. The van der Waals surface area contributed by atoms with Crippen molar-refractivity contribution in [3.05, 3.63) is 71.3 Å². The molecule has 0 saturated carbocycles. The molecule has 180 valence electrons. The number of furan rings is 1. The number of anilines is 1. The molecule has 4 aromatic rings. The van der Waals surface area contributed by atoms with Crippen molar-refractivity contribution in [3.63, 3.8) is 0 Å². The van der Waals surface area contributed by atoms with E-state index in [1.54, 1.807) is 13.4 Å². The third kappa shape index (κ3) is 5.31. The third-order valence-corrected chi connectivity index (χ3v) is 6.66. The summed E-state index contributed by atoms with van der Waals surface area (Å²) in [4.78, 5) is 13.0. The number of aromatic nitrogens is 4. The minimum absolute atomic E-state index is 0.106. The van der Waals surface area contributed by atoms with Gasteiger partial charge in [0, 0.05) is 18.4 Å². The first kappa shape index (κ1) is 24.3. The first-order valence-corrected chi connectivity index (χ1v) is 12.0. The van der Waals surface area contributed by atoms with Gasteiger partial charge in [-0.25, -0.2) is 0 Å². The molecule has 0 unspecified atom stereocenters. The van der Waals surface area contributed by atoms with Crippen LogP contribution >= 0.6 is 11.8 Å². The number of thioether (sulfide) groups is 1. The van der Waals surface area contributed by atoms with Gasteiger partial charge in [0.1, 0.15) is 17.6 Å². The highest BCUT2D eigenvalue weighted by atomic mass is 32.2. The Balaban J connectivity index is 1.53. The van der Waals surface area contributed by atoms with Gasteiger partial charge in [-0.1, -0.05) is 42.1 Å². The lowest BCUT2D eigenvalue weighted by Gasteiger charge is -2.12. The zero-order valence-corrected chi connectivity index (χ0v) is 20.6. The molecule has 1 amide bonds. The molecule has 9 nitrogen and oxygen atoms in total. The standard InChI is InChI=1S/C25H26N6O3S/c1-17-18(2)31(15-20-10-7-12-34-20)24(21(17)14-26)27-22(32)16-35-25-29-28-23(30(25)11-13-33-3)19-8-5-4-6-9-19/h4-10,12H,11,13,15-16H2,1-3H3,(H,27,32). The van der Waals surface area contributed by atoms with Gasteiger partial charge in [0.2, 0.25) is 5.91 Å². The van der Waals surface area contributed by atoms with Crippen molar-refractivity contribution in [3.8, 4) is 17.5 Å². The van der Waals surface area contributed by atoms with Gasteiger partial charge >= 0.3 is 0 Å². The fourth-order valence-electron chi connectivity index (χ4n) is 3.77. The van der Waals surface area contributed by atoms with Crippen molar-refractivity contribution in [1.29, 1.82) is 5.26 Å². The number of nitrogens with zero attached hydrogens (tertiary/aromatic N) is 5. The molecule has 1 N–H and O–H groups in total. The first-order valence-electron chi connectivity index (χ1n) is 11.1. The van der Waals surface area contributed by atoms with Gasteiger partial charge in [-0.05, 0) is 31.5 Å². The summed E-state index contributed by atoms with van der Waals surface area (Å²) in [6, 6.07) is 15.7. The third-order valence-electron chi connectivity index (χ3n) is 5.69. The van der Waals surface area contributed by atoms with E-state index in [1.165, 1.54) is 11.8 Å². The van der Waals surface area contributed by atoms with Crippen LogP contribution in [-0.4, -0.2) is 44.7 Å². The molecule has 35 heavy (non-hydrogen) atoms. The quantitative estimate of drug-likeness (QED) is 0.331. The number of amides is 1. The van der Waals surface area contributed by atoms with Crippen LogP contribution in [0.15, 0.2) is 58.3 Å². The smallest absolute Gasteiger partial charge is 0.235 e. The Bertz CT molecular complexity index is 1340. The topological polar surface area (TPSA) is 111 Å². The molecule has 0 saturated heterocycles. The van der Waals surface area contributed by atoms with Crippen LogP contribution in [0.3, 0.4) is 0 Å². The minimum Gasteiger partial charge on any atom is -0.467 e. The van der Waals surface area contributed by atoms with Gasteiger partial charge in [-0.15, -0.1) is 10.2 Å². The maximum atomic E-state index is 13.0. The number of hydrogen-bond acceptors (Lipinski definition) is 7. The van der Waals surface area contributed by atoms with E-state index >= 15 is 0 Å². The fourth-order valence-corrected chi connectivity index (χ4v) is 4.53. The lowest BCUT2D eigenvalue weighted by Crippen LogP contribution is -2.19. The van der Waals surface area contributed by atoms with Gasteiger partial charge in [0.15, 0.2) is 11.0 Å². The number of methoxy groups -OCH3 is 1. The molecule has 10 heteroatoms. The van der Waals surface area contributed by atoms with E-state index in [0.29, 0.717) is 36.2 Å². The molecular weight excluding hydrogens is 464 g/mol. The predicted octanol–water partition coefficient (Wildman–Crippen LogP) is 4.25. The van der Waals surface area contributed by atoms with E-state index in [4.69, 9.17) is 9.15 Å². The van der Waals surface area contributed by atoms with E-state index in [-0.39, 0.29) is 11.7 Å². The molecule has 1 aromatic carbocycles. The van der Waals surface area contributed by atoms with Gasteiger partial charge in [0.05, 0.1) is 37.3 Å². The average Bonchev–Trinajstić information content (AvgIpc) is 3.58. The first-order chi connectivity index (χ1) is 17.0. The van der Waals surface area contributed by atoms with Gasteiger partial charge < -0.3 is 19.0 Å². The summed E-state index contributed by atoms with van der Waals surface area (Å²) in [5, 5.41) is 22.0. The zero-order valence-electron chi connectivity index (χ0n) is 19.8. The molecule has 0 aliphatic rings. The van der Waals surface area contributed by atoms with Crippen LogP contribution < -0.4 is 5.32 Å². The van der Waals surface area contributed by atoms with E-state index in [1.807, 2.05) is 65.4 Å². The van der Waals surface area contributed by atoms with Gasteiger partial charge in [0.25, 0.3) is 0 Å². The fraction of sp³-hybridized carbons (Fsp3) is 0.280. The largest absolute Gasteiger partial charge is 0.467 e. The number of nitrogens with one attached hydrogen (secondary N) is 1. The molecule has 0 fully saturated rings. The number of nitriles is 1. The van der Waals surface area contributed by atoms with Crippen LogP contribution in [0, 0.1) is 25.2 Å². The molecule has 0 spiro atoms. The van der Waals surface area contributed by atoms with Gasteiger partial charge in [-0.3, -0.25) is 9.36 Å². The lowest BCUT2D eigenvalue weighted by atomic mass is 10.2. The molecule has 0 aliphatic heterocycles. The Morgan fingerprint density at radius 2 is 1.97 bits per heavy atom. The maximum Gasteiger partial charge on any atom is 0.235 e. The number of carbonyl (C=O) groups excluding carboxylic acids is 1. The molecule has 3 heterocycles. The van der Waals surface area contributed by atoms with Crippen molar-refractivity contribution in [2.75, 3.05) is 24.8 Å². The van der Waals surface area contributed by atoms with E-state index in [2.05, 4.69) is 21.6 Å². The van der Waals surface area contributed by atoms with Crippen LogP contribution in [0.1, 0.15) is 22.6 Å². The van der Waals surface area contributed by atoms with Crippen LogP contribution in [-0.2, 0) is 22.6 Å². The molecule has 3 aromatic heterocycles. The Morgan fingerprint density at radius 1 is 1.17 bits per heavy atom. The zero-order chi connectivity index (χ0) is 24.8. The second kappa shape index (κ2) is 11.1. The second-order valence-electron chi connectivity index (χ2n) is 7.86. The number of ether oxygens (including phenoxy) is 1. The van der Waals surface area contributed by atoms with Crippen LogP contribution in [0.4, 0.5) is 5.82 Å². The van der Waals surface area contributed by atoms with E-state index in [0.717, 1.165) is 28.4 Å². The summed E-state index contributed by atoms with van der Waals surface area (Å²) >= 11 is 1.29. The second-order valence-corrected chi connectivity index (χ2v) is 8.81. The molecule has 4 rings (SSSR count). The highest BCUT2D eigenvalue weighted by molar-refractivity contribution is 7.99. The molecule has 0 aliphatic carbocycles. The number of carbonyl (C=O) groups is 1. The molecular formula is C25H26N6O3S. The highest BCUT2D eigenvalue weighted by Crippen LogP contribution is 2.28. The van der Waals surface area contributed by atoms with Crippen molar-refractivity contribution >= 4 is 23.5 Å². The van der Waals surface area contributed by atoms with Crippen molar-refractivity contribution in [2.24, 2.45) is 0 Å². The Hall–Kier alpha value is -3.81. The predicted molar refractivity (Wildman–Crippen MR) is 133 cm³/mol. The number of rotatable bonds is 10.